The summed E-state index contributed by atoms with van der Waals surface area (Å²) in [6, 6.07) is 0. The fourth-order valence-corrected chi connectivity index (χ4v) is 11.7. The van der Waals surface area contributed by atoms with Gasteiger partial charge in [0.15, 0.2) is 0 Å². The van der Waals surface area contributed by atoms with Crippen LogP contribution in [0.1, 0.15) is 41.5 Å². The summed E-state index contributed by atoms with van der Waals surface area (Å²) in [5.41, 5.74) is 0. The molecule has 0 fully saturated rings. The molecule has 0 amide bonds. The van der Waals surface area contributed by atoms with E-state index in [9.17, 15) is 0 Å². The second kappa shape index (κ2) is 13.9. The molecule has 124 valence electrons. The van der Waals surface area contributed by atoms with E-state index in [-0.39, 0.29) is 0 Å². The van der Waals surface area contributed by atoms with Gasteiger partial charge in [-0.3, -0.25) is 0 Å². The Morgan fingerprint density at radius 1 is 0.550 bits per heavy atom. The summed E-state index contributed by atoms with van der Waals surface area (Å²) in [5.74, 6) is 0. The van der Waals surface area contributed by atoms with Gasteiger partial charge in [0.05, 0.1) is 0 Å². The molecule has 0 aromatic rings. The van der Waals surface area contributed by atoms with Gasteiger partial charge in [0, 0.05) is 0 Å². The predicted molar refractivity (Wildman–Crippen MR) is 69.8 cm³/mol. The van der Waals surface area contributed by atoms with E-state index in [0.717, 1.165) is 28.1 Å². The first-order valence-electron chi connectivity index (χ1n) is 7.07. The van der Waals surface area contributed by atoms with Crippen LogP contribution in [0.25, 0.3) is 0 Å². The van der Waals surface area contributed by atoms with Crippen LogP contribution < -0.4 is 0 Å². The Labute approximate surface area is 139 Å². The summed E-state index contributed by atoms with van der Waals surface area (Å²) in [5, 5.41) is 0. The first-order valence-corrected chi connectivity index (χ1v) is 14.9. The van der Waals surface area contributed by atoms with E-state index in [4.69, 9.17) is 16.2 Å². The molecule has 0 aromatic carbocycles. The van der Waals surface area contributed by atoms with Gasteiger partial charge in [-0.2, -0.15) is 0 Å². The molecule has 0 aromatic heterocycles. The molecular formula is C12H30O6Ta2. The van der Waals surface area contributed by atoms with E-state index in [1.165, 1.54) is 0 Å². The van der Waals surface area contributed by atoms with Crippen molar-refractivity contribution in [3.05, 3.63) is 0 Å². The molecule has 0 aliphatic carbocycles. The van der Waals surface area contributed by atoms with Gasteiger partial charge in [0.2, 0.25) is 0 Å². The standard InChI is InChI=1S/6C2H5O.2Ta/c6*1-2-3;;/h6*2H2,1H3;;/q6*-1;+1;+5. The summed E-state index contributed by atoms with van der Waals surface area (Å²) in [6.07, 6.45) is 0. The zero-order valence-electron chi connectivity index (χ0n) is 13.6. The maximum absolute atomic E-state index is 5.70. The molecule has 0 spiro atoms. The van der Waals surface area contributed by atoms with Crippen molar-refractivity contribution < 1.29 is 58.7 Å². The van der Waals surface area contributed by atoms with E-state index in [1.807, 2.05) is 41.5 Å². The molecular weight excluding hydrogens is 602 g/mol. The van der Waals surface area contributed by atoms with E-state index < -0.39 is 17.8 Å². The van der Waals surface area contributed by atoms with Gasteiger partial charge < -0.3 is 0 Å². The minimum absolute atomic E-state index is 0.452. The van der Waals surface area contributed by atoms with Crippen LogP contribution in [-0.2, 0) is 58.7 Å². The van der Waals surface area contributed by atoms with Crippen molar-refractivity contribution in [2.75, 3.05) is 39.6 Å². The Bertz CT molecular complexity index is 164. The van der Waals surface area contributed by atoms with E-state index in [2.05, 4.69) is 3.24 Å². The van der Waals surface area contributed by atoms with Crippen molar-refractivity contribution in [1.29, 1.82) is 0 Å². The second-order valence-electron chi connectivity index (χ2n) is 3.25. The average molecular weight is 632 g/mol. The van der Waals surface area contributed by atoms with Gasteiger partial charge >= 0.3 is 140 Å². The summed E-state index contributed by atoms with van der Waals surface area (Å²) in [7, 11) is 0. The third-order valence-electron chi connectivity index (χ3n) is 1.83. The van der Waals surface area contributed by atoms with Crippen LogP contribution in [0.2, 0.25) is 0 Å². The Hall–Kier alpha value is 1.24. The van der Waals surface area contributed by atoms with E-state index in [0.29, 0.717) is 33.0 Å². The van der Waals surface area contributed by atoms with Crippen LogP contribution >= 0.6 is 0 Å². The Kier molecular flexibility index (Phi) is 16.3. The van der Waals surface area contributed by atoms with Gasteiger partial charge in [-0.1, -0.05) is 0 Å². The quantitative estimate of drug-likeness (QED) is 0.350. The van der Waals surface area contributed by atoms with Crippen LogP contribution in [0, 0.1) is 0 Å². The molecule has 0 heterocycles. The SMILES string of the molecule is CC[O][Ta].CC[O][Ta]([O]CC)([O]CC)([O]CC)[O]CC. The van der Waals surface area contributed by atoms with Gasteiger partial charge in [-0.15, -0.1) is 0 Å². The fourth-order valence-electron chi connectivity index (χ4n) is 1.43. The summed E-state index contributed by atoms with van der Waals surface area (Å²) >= 11 is -3.82. The Balaban J connectivity index is 0. The molecule has 0 saturated heterocycles. The van der Waals surface area contributed by atoms with E-state index in [1.54, 1.807) is 0 Å². The molecule has 0 aliphatic rings. The van der Waals surface area contributed by atoms with Crippen LogP contribution in [0.3, 0.4) is 0 Å². The molecule has 0 unspecified atom stereocenters. The normalized spacial score (nSPS) is 13.2. The second-order valence-corrected chi connectivity index (χ2v) is 14.2. The Morgan fingerprint density at radius 3 is 0.850 bits per heavy atom. The maximum atomic E-state index is 5.70. The van der Waals surface area contributed by atoms with Gasteiger partial charge in [0.1, 0.15) is 0 Å². The summed E-state index contributed by atoms with van der Waals surface area (Å²) in [6.45, 7) is 14.5. The summed E-state index contributed by atoms with van der Waals surface area (Å²) in [4.78, 5) is 0. The molecule has 0 radical (unpaired) electrons. The fraction of sp³-hybridized carbons (Fsp3) is 1.00. The van der Waals surface area contributed by atoms with Gasteiger partial charge in [0.25, 0.3) is 0 Å². The summed E-state index contributed by atoms with van der Waals surface area (Å²) < 4.78 is 33.2. The molecule has 0 N–H and O–H groups in total. The van der Waals surface area contributed by atoms with Crippen LogP contribution in [0.4, 0.5) is 0 Å². The molecule has 0 atom stereocenters. The minimum atomic E-state index is -4.86. The first-order chi connectivity index (χ1) is 9.53. The Morgan fingerprint density at radius 2 is 0.750 bits per heavy atom. The van der Waals surface area contributed by atoms with Crippen LogP contribution in [0.15, 0.2) is 0 Å². The van der Waals surface area contributed by atoms with Crippen molar-refractivity contribution in [3.8, 4) is 0 Å². The van der Waals surface area contributed by atoms with Crippen LogP contribution in [0.5, 0.6) is 0 Å². The van der Waals surface area contributed by atoms with Gasteiger partial charge in [-0.25, -0.2) is 0 Å². The third kappa shape index (κ3) is 8.63. The van der Waals surface area contributed by atoms with Crippen molar-refractivity contribution in [3.63, 3.8) is 0 Å². The third-order valence-corrected chi connectivity index (χ3v) is 15.0. The zero-order chi connectivity index (χ0) is 15.9. The van der Waals surface area contributed by atoms with Crippen molar-refractivity contribution >= 4 is 0 Å². The van der Waals surface area contributed by atoms with E-state index >= 15 is 0 Å². The molecule has 0 saturated carbocycles. The monoisotopic (exact) mass is 632 g/mol. The van der Waals surface area contributed by atoms with Crippen molar-refractivity contribution in [2.45, 2.75) is 41.5 Å². The molecule has 20 heavy (non-hydrogen) atoms. The number of hydrogen-bond acceptors (Lipinski definition) is 6. The number of hydrogen-bond donors (Lipinski definition) is 0. The predicted octanol–water partition coefficient (Wildman–Crippen LogP) is 2.92. The molecule has 0 rings (SSSR count). The topological polar surface area (TPSA) is 55.4 Å². The van der Waals surface area contributed by atoms with Gasteiger partial charge in [-0.05, 0) is 0 Å². The average Bonchev–Trinajstić information content (AvgIpc) is 2.40. The number of rotatable bonds is 11. The zero-order valence-corrected chi connectivity index (χ0v) is 20.0. The first kappa shape index (κ1) is 23.5. The van der Waals surface area contributed by atoms with Crippen molar-refractivity contribution in [1.82, 2.24) is 0 Å². The van der Waals surface area contributed by atoms with Crippen molar-refractivity contribution in [2.24, 2.45) is 0 Å². The molecule has 6 nitrogen and oxygen atoms in total. The molecule has 0 bridgehead atoms. The molecule has 0 aliphatic heterocycles. The molecule has 8 heteroatoms. The van der Waals surface area contributed by atoms with Crippen LogP contribution in [-0.4, -0.2) is 39.6 Å².